The quantitative estimate of drug-likeness (QED) is 0.709. The minimum absolute atomic E-state index is 0.222. The number of hydrogen-bond donors (Lipinski definition) is 0. The highest BCUT2D eigenvalue weighted by atomic mass is 79.9. The van der Waals surface area contributed by atoms with Crippen molar-refractivity contribution in [2.45, 2.75) is 32.3 Å². The van der Waals surface area contributed by atoms with E-state index in [1.54, 1.807) is 0 Å². The van der Waals surface area contributed by atoms with E-state index in [0.29, 0.717) is 6.42 Å². The zero-order chi connectivity index (χ0) is 10.4. The third kappa shape index (κ3) is 3.58. The largest absolute Gasteiger partial charge is 0.376 e. The van der Waals surface area contributed by atoms with Gasteiger partial charge in [-0.2, -0.15) is 0 Å². The highest BCUT2D eigenvalue weighted by molar-refractivity contribution is 9.09. The number of hydrogen-bond acceptors (Lipinski definition) is 2. The smallest absolute Gasteiger partial charge is 0.223 e. The van der Waals surface area contributed by atoms with E-state index in [1.807, 2.05) is 11.8 Å². The van der Waals surface area contributed by atoms with E-state index in [1.165, 1.54) is 0 Å². The molecule has 0 aromatic rings. The fourth-order valence-electron chi connectivity index (χ4n) is 1.68. The van der Waals surface area contributed by atoms with Crippen LogP contribution in [0.3, 0.4) is 0 Å². The second-order valence-electron chi connectivity index (χ2n) is 3.51. The summed E-state index contributed by atoms with van der Waals surface area (Å²) in [6, 6.07) is 0. The second-order valence-corrected chi connectivity index (χ2v) is 4.30. The third-order valence-corrected chi connectivity index (χ3v) is 2.89. The third-order valence-electron chi connectivity index (χ3n) is 2.49. The maximum atomic E-state index is 11.6. The van der Waals surface area contributed by atoms with Crippen LogP contribution in [-0.2, 0) is 9.53 Å². The topological polar surface area (TPSA) is 29.5 Å². The molecule has 1 fully saturated rings. The maximum Gasteiger partial charge on any atom is 0.223 e. The van der Waals surface area contributed by atoms with Crippen molar-refractivity contribution >= 4 is 21.8 Å². The molecular weight excluding hydrogens is 246 g/mol. The molecule has 14 heavy (non-hydrogen) atoms. The van der Waals surface area contributed by atoms with Gasteiger partial charge in [-0.1, -0.05) is 15.9 Å². The van der Waals surface area contributed by atoms with E-state index >= 15 is 0 Å². The van der Waals surface area contributed by atoms with Crippen LogP contribution in [0.15, 0.2) is 0 Å². The lowest BCUT2D eigenvalue weighted by Crippen LogP contribution is -2.37. The number of carbonyl (C=O) groups excluding carboxylic acids is 1. The summed E-state index contributed by atoms with van der Waals surface area (Å²) >= 11 is 3.28. The molecule has 1 aliphatic rings. The zero-order valence-electron chi connectivity index (χ0n) is 8.67. The van der Waals surface area contributed by atoms with Crippen molar-refractivity contribution < 1.29 is 9.53 Å². The molecule has 4 heteroatoms. The van der Waals surface area contributed by atoms with Crippen LogP contribution in [0.4, 0.5) is 0 Å². The van der Waals surface area contributed by atoms with Gasteiger partial charge < -0.3 is 9.64 Å². The van der Waals surface area contributed by atoms with Gasteiger partial charge in [0.1, 0.15) is 0 Å². The predicted octanol–water partition coefficient (Wildman–Crippen LogP) is 1.80. The predicted molar refractivity (Wildman–Crippen MR) is 59.6 cm³/mol. The van der Waals surface area contributed by atoms with Gasteiger partial charge in [-0.05, 0) is 19.8 Å². The Morgan fingerprint density at radius 1 is 1.64 bits per heavy atom. The molecule has 1 unspecified atom stereocenters. The summed E-state index contributed by atoms with van der Waals surface area (Å²) in [7, 11) is 0. The summed E-state index contributed by atoms with van der Waals surface area (Å²) in [5.74, 6) is 0.222. The molecule has 1 atom stereocenters. The Morgan fingerprint density at radius 2 is 2.43 bits per heavy atom. The minimum Gasteiger partial charge on any atom is -0.376 e. The molecule has 1 heterocycles. The molecule has 0 radical (unpaired) electrons. The van der Waals surface area contributed by atoms with E-state index in [0.717, 1.165) is 37.9 Å². The Balaban J connectivity index is 2.33. The first-order valence-corrected chi connectivity index (χ1v) is 6.35. The van der Waals surface area contributed by atoms with Crippen LogP contribution in [0, 0.1) is 0 Å². The number of alkyl halides is 1. The summed E-state index contributed by atoms with van der Waals surface area (Å²) < 4.78 is 5.51. The SMILES string of the molecule is CCN(CC1CCCO1)C(=O)CCBr. The number of halogens is 1. The summed E-state index contributed by atoms with van der Waals surface area (Å²) in [6.45, 7) is 4.42. The van der Waals surface area contributed by atoms with Crippen LogP contribution in [0.5, 0.6) is 0 Å². The number of ether oxygens (including phenoxy) is 1. The Kier molecular flexibility index (Phi) is 5.48. The van der Waals surface area contributed by atoms with E-state index in [9.17, 15) is 4.79 Å². The van der Waals surface area contributed by atoms with Gasteiger partial charge in [0.05, 0.1) is 6.10 Å². The number of amides is 1. The standard InChI is InChI=1S/C10H18BrNO2/c1-2-12(10(13)5-6-11)8-9-4-3-7-14-9/h9H,2-8H2,1H3. The van der Waals surface area contributed by atoms with Gasteiger partial charge in [0.25, 0.3) is 0 Å². The lowest BCUT2D eigenvalue weighted by Gasteiger charge is -2.23. The maximum absolute atomic E-state index is 11.6. The molecule has 1 saturated heterocycles. The van der Waals surface area contributed by atoms with Gasteiger partial charge in [-0.15, -0.1) is 0 Å². The summed E-state index contributed by atoms with van der Waals surface area (Å²) in [6.07, 6.45) is 3.09. The van der Waals surface area contributed by atoms with Crippen molar-refractivity contribution in [3.05, 3.63) is 0 Å². The first-order valence-electron chi connectivity index (χ1n) is 5.23. The molecule has 1 rings (SSSR count). The van der Waals surface area contributed by atoms with Gasteiger partial charge in [0.15, 0.2) is 0 Å². The highest BCUT2D eigenvalue weighted by Gasteiger charge is 2.20. The fourth-order valence-corrected chi connectivity index (χ4v) is 2.02. The molecule has 0 N–H and O–H groups in total. The molecule has 1 amide bonds. The van der Waals surface area contributed by atoms with Gasteiger partial charge in [0, 0.05) is 31.4 Å². The highest BCUT2D eigenvalue weighted by Crippen LogP contribution is 2.13. The van der Waals surface area contributed by atoms with Crippen LogP contribution in [-0.4, -0.2) is 41.9 Å². The number of likely N-dealkylation sites (N-methyl/N-ethyl adjacent to an activating group) is 1. The Bertz CT molecular complexity index is 181. The Labute approximate surface area is 93.9 Å². The average Bonchev–Trinajstić information content (AvgIpc) is 2.66. The normalized spacial score (nSPS) is 21.1. The number of rotatable bonds is 5. The van der Waals surface area contributed by atoms with Crippen LogP contribution < -0.4 is 0 Å². The van der Waals surface area contributed by atoms with Gasteiger partial charge >= 0.3 is 0 Å². The molecule has 1 aliphatic heterocycles. The molecular formula is C10H18BrNO2. The van der Waals surface area contributed by atoms with Crippen molar-refractivity contribution in [1.82, 2.24) is 4.90 Å². The van der Waals surface area contributed by atoms with Crippen molar-refractivity contribution in [3.8, 4) is 0 Å². The van der Waals surface area contributed by atoms with Crippen molar-refractivity contribution in [2.75, 3.05) is 25.0 Å². The first-order chi connectivity index (χ1) is 6.77. The molecule has 0 saturated carbocycles. The van der Waals surface area contributed by atoms with Crippen molar-refractivity contribution in [2.24, 2.45) is 0 Å². The van der Waals surface area contributed by atoms with Crippen LogP contribution in [0.1, 0.15) is 26.2 Å². The molecule has 0 bridgehead atoms. The van der Waals surface area contributed by atoms with E-state index in [4.69, 9.17) is 4.74 Å². The number of nitrogens with zero attached hydrogens (tertiary/aromatic N) is 1. The van der Waals surface area contributed by atoms with Gasteiger partial charge in [-0.25, -0.2) is 0 Å². The number of carbonyl (C=O) groups is 1. The minimum atomic E-state index is 0.222. The Morgan fingerprint density at radius 3 is 2.93 bits per heavy atom. The molecule has 0 aromatic heterocycles. The monoisotopic (exact) mass is 263 g/mol. The second kappa shape index (κ2) is 6.40. The average molecular weight is 264 g/mol. The van der Waals surface area contributed by atoms with E-state index in [-0.39, 0.29) is 12.0 Å². The van der Waals surface area contributed by atoms with Crippen LogP contribution >= 0.6 is 15.9 Å². The lowest BCUT2D eigenvalue weighted by molar-refractivity contribution is -0.132. The molecule has 0 aromatic carbocycles. The summed E-state index contributed by atoms with van der Waals surface area (Å²) in [5, 5.41) is 0.744. The molecule has 0 aliphatic carbocycles. The fraction of sp³-hybridized carbons (Fsp3) is 0.900. The molecule has 3 nitrogen and oxygen atoms in total. The van der Waals surface area contributed by atoms with E-state index in [2.05, 4.69) is 15.9 Å². The lowest BCUT2D eigenvalue weighted by atomic mass is 10.2. The molecule has 82 valence electrons. The van der Waals surface area contributed by atoms with Crippen LogP contribution in [0.2, 0.25) is 0 Å². The van der Waals surface area contributed by atoms with Crippen LogP contribution in [0.25, 0.3) is 0 Å². The van der Waals surface area contributed by atoms with Gasteiger partial charge in [-0.3, -0.25) is 4.79 Å². The van der Waals surface area contributed by atoms with Gasteiger partial charge in [0.2, 0.25) is 5.91 Å². The van der Waals surface area contributed by atoms with E-state index < -0.39 is 0 Å². The Hall–Kier alpha value is -0.0900. The van der Waals surface area contributed by atoms with Crippen molar-refractivity contribution in [3.63, 3.8) is 0 Å². The zero-order valence-corrected chi connectivity index (χ0v) is 10.3. The molecule has 0 spiro atoms. The first kappa shape index (κ1) is 12.0. The summed E-state index contributed by atoms with van der Waals surface area (Å²) in [4.78, 5) is 13.5. The van der Waals surface area contributed by atoms with Crippen molar-refractivity contribution in [1.29, 1.82) is 0 Å². The summed E-state index contributed by atoms with van der Waals surface area (Å²) in [5.41, 5.74) is 0.